The Morgan fingerprint density at radius 3 is 2.47 bits per heavy atom. The molecule has 0 spiro atoms. The highest BCUT2D eigenvalue weighted by molar-refractivity contribution is 5.55. The Morgan fingerprint density at radius 2 is 2.00 bits per heavy atom. The van der Waals surface area contributed by atoms with Crippen molar-refractivity contribution in [1.29, 1.82) is 0 Å². The first-order valence-electron chi connectivity index (χ1n) is 5.36. The van der Waals surface area contributed by atoms with E-state index >= 15 is 0 Å². The molecule has 1 atom stereocenters. The molecule has 0 radical (unpaired) electrons. The van der Waals surface area contributed by atoms with E-state index in [-0.39, 0.29) is 18.3 Å². The van der Waals surface area contributed by atoms with Crippen molar-refractivity contribution >= 4 is 11.5 Å². The van der Waals surface area contributed by atoms with E-state index in [4.69, 9.17) is 5.73 Å². The molecular formula is C10H16N4O3. The van der Waals surface area contributed by atoms with E-state index in [0.717, 1.165) is 15.6 Å². The minimum absolute atomic E-state index is 0.156. The largest absolute Gasteiger partial charge is 0.383 e. The number of rotatable bonds is 4. The van der Waals surface area contributed by atoms with Gasteiger partial charge in [0.2, 0.25) is 5.69 Å². The van der Waals surface area contributed by atoms with Gasteiger partial charge in [0, 0.05) is 13.6 Å². The first-order chi connectivity index (χ1) is 7.93. The van der Waals surface area contributed by atoms with Gasteiger partial charge in [-0.3, -0.25) is 13.9 Å². The lowest BCUT2D eigenvalue weighted by atomic mass is 10.1. The van der Waals surface area contributed by atoms with Crippen LogP contribution in [0.5, 0.6) is 0 Å². The predicted molar refractivity (Wildman–Crippen MR) is 65.3 cm³/mol. The summed E-state index contributed by atoms with van der Waals surface area (Å²) >= 11 is 0. The van der Waals surface area contributed by atoms with Crippen molar-refractivity contribution < 1.29 is 0 Å². The van der Waals surface area contributed by atoms with Crippen LogP contribution in [0.3, 0.4) is 0 Å². The zero-order valence-electron chi connectivity index (χ0n) is 10.1. The molecule has 0 amide bonds. The van der Waals surface area contributed by atoms with Crippen LogP contribution >= 0.6 is 0 Å². The van der Waals surface area contributed by atoms with Gasteiger partial charge >= 0.3 is 5.69 Å². The zero-order valence-corrected chi connectivity index (χ0v) is 10.1. The summed E-state index contributed by atoms with van der Waals surface area (Å²) in [5.74, 6) is -0.0427. The van der Waals surface area contributed by atoms with Crippen molar-refractivity contribution in [3.05, 3.63) is 25.7 Å². The zero-order chi connectivity index (χ0) is 13.2. The number of nitroso groups, excluding NO2 is 1. The molecule has 1 aromatic heterocycles. The van der Waals surface area contributed by atoms with Gasteiger partial charge in [0.1, 0.15) is 5.82 Å². The number of hydrogen-bond acceptors (Lipinski definition) is 5. The maximum atomic E-state index is 11.8. The standard InChI is InChI=1S/C10H16N4O3/c1-4-6(2)5-14-9(15)7(12-17)8(11)13(3)10(14)16/h6H,4-5,11H2,1-3H3. The lowest BCUT2D eigenvalue weighted by Gasteiger charge is -2.13. The molecule has 0 saturated carbocycles. The number of hydrogen-bond donors (Lipinski definition) is 1. The molecular weight excluding hydrogens is 224 g/mol. The molecule has 7 nitrogen and oxygen atoms in total. The van der Waals surface area contributed by atoms with Gasteiger partial charge < -0.3 is 5.73 Å². The molecule has 1 aromatic rings. The van der Waals surface area contributed by atoms with Crippen LogP contribution in [0.15, 0.2) is 14.8 Å². The molecule has 7 heteroatoms. The van der Waals surface area contributed by atoms with Crippen molar-refractivity contribution in [1.82, 2.24) is 9.13 Å². The SMILES string of the molecule is CCC(C)Cn1c(=O)c(N=O)c(N)n(C)c1=O. The van der Waals surface area contributed by atoms with Gasteiger partial charge in [0.05, 0.1) is 0 Å². The Labute approximate surface area is 97.8 Å². The molecule has 0 saturated heterocycles. The molecule has 1 heterocycles. The molecule has 0 aliphatic rings. The highest BCUT2D eigenvalue weighted by Gasteiger charge is 2.16. The van der Waals surface area contributed by atoms with Crippen LogP contribution in [0.2, 0.25) is 0 Å². The van der Waals surface area contributed by atoms with Crippen LogP contribution < -0.4 is 17.0 Å². The molecule has 0 aliphatic carbocycles. The molecule has 1 rings (SSSR count). The van der Waals surface area contributed by atoms with E-state index in [9.17, 15) is 14.5 Å². The predicted octanol–water partition coefficient (Wildman–Crippen LogP) is 0.573. The third-order valence-electron chi connectivity index (χ3n) is 2.85. The summed E-state index contributed by atoms with van der Waals surface area (Å²) in [6, 6.07) is 0. The Kier molecular flexibility index (Phi) is 3.82. The second-order valence-corrected chi connectivity index (χ2v) is 4.10. The summed E-state index contributed by atoms with van der Waals surface area (Å²) in [7, 11) is 1.40. The van der Waals surface area contributed by atoms with Crippen LogP contribution in [-0.2, 0) is 13.6 Å². The summed E-state index contributed by atoms with van der Waals surface area (Å²) in [5.41, 5.74) is 3.83. The fourth-order valence-electron chi connectivity index (χ4n) is 1.45. The smallest absolute Gasteiger partial charge is 0.332 e. The van der Waals surface area contributed by atoms with E-state index < -0.39 is 16.9 Å². The van der Waals surface area contributed by atoms with E-state index in [1.807, 2.05) is 13.8 Å². The fourth-order valence-corrected chi connectivity index (χ4v) is 1.45. The van der Waals surface area contributed by atoms with Crippen molar-refractivity contribution in [3.63, 3.8) is 0 Å². The van der Waals surface area contributed by atoms with Gasteiger partial charge in [0.25, 0.3) is 5.56 Å². The van der Waals surface area contributed by atoms with Crippen molar-refractivity contribution in [2.45, 2.75) is 26.8 Å². The number of aromatic nitrogens is 2. The summed E-state index contributed by atoms with van der Waals surface area (Å²) in [6.45, 7) is 4.12. The van der Waals surface area contributed by atoms with E-state index in [2.05, 4.69) is 5.18 Å². The van der Waals surface area contributed by atoms with E-state index in [1.54, 1.807) is 0 Å². The average molecular weight is 240 g/mol. The third-order valence-corrected chi connectivity index (χ3v) is 2.85. The van der Waals surface area contributed by atoms with Gasteiger partial charge in [0.15, 0.2) is 0 Å². The van der Waals surface area contributed by atoms with Gasteiger partial charge in [-0.05, 0) is 11.1 Å². The number of nitrogens with two attached hydrogens (primary N) is 1. The molecule has 17 heavy (non-hydrogen) atoms. The van der Waals surface area contributed by atoms with Crippen LogP contribution in [0.25, 0.3) is 0 Å². The summed E-state index contributed by atoms with van der Waals surface area (Å²) in [5, 5.41) is 2.60. The van der Waals surface area contributed by atoms with Gasteiger partial charge in [-0.2, -0.15) is 0 Å². The van der Waals surface area contributed by atoms with Crippen molar-refractivity contribution in [2.24, 2.45) is 18.1 Å². The first-order valence-corrected chi connectivity index (χ1v) is 5.36. The number of nitrogen functional groups attached to an aromatic ring is 1. The number of nitrogens with zero attached hydrogens (tertiary/aromatic N) is 3. The highest BCUT2D eigenvalue weighted by Crippen LogP contribution is 2.13. The summed E-state index contributed by atoms with van der Waals surface area (Å²) in [6.07, 6.45) is 0.823. The van der Waals surface area contributed by atoms with Crippen molar-refractivity contribution in [3.8, 4) is 0 Å². The normalized spacial score (nSPS) is 12.4. The van der Waals surface area contributed by atoms with Crippen LogP contribution in [0.4, 0.5) is 11.5 Å². The second kappa shape index (κ2) is 4.94. The van der Waals surface area contributed by atoms with Gasteiger partial charge in [-0.1, -0.05) is 20.3 Å². The van der Waals surface area contributed by atoms with Crippen LogP contribution in [-0.4, -0.2) is 9.13 Å². The van der Waals surface area contributed by atoms with Gasteiger partial charge in [-0.25, -0.2) is 4.79 Å². The van der Waals surface area contributed by atoms with E-state index in [1.165, 1.54) is 7.05 Å². The number of anilines is 1. The first kappa shape index (κ1) is 13.1. The minimum atomic E-state index is -0.721. The Morgan fingerprint density at radius 1 is 1.41 bits per heavy atom. The monoisotopic (exact) mass is 240 g/mol. The Hall–Kier alpha value is -1.92. The highest BCUT2D eigenvalue weighted by atomic mass is 16.3. The third kappa shape index (κ3) is 2.27. The minimum Gasteiger partial charge on any atom is -0.383 e. The summed E-state index contributed by atoms with van der Waals surface area (Å²) < 4.78 is 2.06. The fraction of sp³-hybridized carbons (Fsp3) is 0.600. The molecule has 0 aliphatic heterocycles. The van der Waals surface area contributed by atoms with E-state index in [0.29, 0.717) is 0 Å². The molecule has 0 fully saturated rings. The van der Waals surface area contributed by atoms with Gasteiger partial charge in [-0.15, -0.1) is 4.91 Å². The summed E-state index contributed by atoms with van der Waals surface area (Å²) in [4.78, 5) is 34.2. The maximum Gasteiger partial charge on any atom is 0.332 e. The topological polar surface area (TPSA) is 99.4 Å². The second-order valence-electron chi connectivity index (χ2n) is 4.10. The molecule has 1 unspecified atom stereocenters. The maximum absolute atomic E-state index is 11.8. The quantitative estimate of drug-likeness (QED) is 0.777. The Balaban J connectivity index is 3.51. The lowest BCUT2D eigenvalue weighted by Crippen LogP contribution is -2.41. The molecule has 94 valence electrons. The van der Waals surface area contributed by atoms with Crippen molar-refractivity contribution in [2.75, 3.05) is 5.73 Å². The Bertz CT molecular complexity index is 544. The van der Waals surface area contributed by atoms with Crippen LogP contribution in [0, 0.1) is 10.8 Å². The lowest BCUT2D eigenvalue weighted by molar-refractivity contribution is 0.439. The molecule has 2 N–H and O–H groups in total. The molecule has 0 bridgehead atoms. The molecule has 0 aromatic carbocycles. The average Bonchev–Trinajstić information content (AvgIpc) is 2.32. The van der Waals surface area contributed by atoms with Crippen LogP contribution in [0.1, 0.15) is 20.3 Å².